The molecule has 3 nitrogen and oxygen atoms in total. The van der Waals surface area contributed by atoms with Gasteiger partial charge in [-0.15, -0.1) is 11.6 Å². The molecule has 2 atom stereocenters. The van der Waals surface area contributed by atoms with Crippen molar-refractivity contribution in [2.75, 3.05) is 0 Å². The average molecular weight is 274 g/mol. The van der Waals surface area contributed by atoms with Crippen LogP contribution in [0.3, 0.4) is 0 Å². The fraction of sp³-hybridized carbons (Fsp3) is 0.500. The lowest BCUT2D eigenvalue weighted by Crippen LogP contribution is -2.38. The van der Waals surface area contributed by atoms with Crippen molar-refractivity contribution in [2.24, 2.45) is 0 Å². The predicted octanol–water partition coefficient (Wildman–Crippen LogP) is 2.43. The van der Waals surface area contributed by atoms with Crippen LogP contribution in [0.15, 0.2) is 29.2 Å². The molecule has 5 heteroatoms. The van der Waals surface area contributed by atoms with Gasteiger partial charge in [-0.2, -0.15) is 0 Å². The van der Waals surface area contributed by atoms with E-state index in [4.69, 9.17) is 11.6 Å². The van der Waals surface area contributed by atoms with Gasteiger partial charge in [0.1, 0.15) is 0 Å². The number of rotatable bonds is 3. The van der Waals surface area contributed by atoms with Crippen LogP contribution in [0.2, 0.25) is 0 Å². The quantitative estimate of drug-likeness (QED) is 0.860. The van der Waals surface area contributed by atoms with Crippen molar-refractivity contribution in [3.05, 3.63) is 29.8 Å². The van der Waals surface area contributed by atoms with Crippen LogP contribution in [0.25, 0.3) is 0 Å². The first kappa shape index (κ1) is 12.9. The van der Waals surface area contributed by atoms with E-state index < -0.39 is 10.0 Å². The minimum absolute atomic E-state index is 0.0891. The van der Waals surface area contributed by atoms with E-state index in [9.17, 15) is 8.42 Å². The summed E-state index contributed by atoms with van der Waals surface area (Å²) in [7, 11) is -3.44. The summed E-state index contributed by atoms with van der Waals surface area (Å²) in [4.78, 5) is 0.343. The van der Waals surface area contributed by atoms with Gasteiger partial charge in [0.2, 0.25) is 10.0 Å². The third-order valence-corrected chi connectivity index (χ3v) is 5.29. The van der Waals surface area contributed by atoms with Crippen LogP contribution in [0.4, 0.5) is 0 Å². The van der Waals surface area contributed by atoms with Gasteiger partial charge in [0.05, 0.1) is 4.90 Å². The number of nitrogens with one attached hydrogen (secondary N) is 1. The predicted molar refractivity (Wildman–Crippen MR) is 68.8 cm³/mol. The maximum Gasteiger partial charge on any atom is 0.241 e. The SMILES string of the molecule is Cc1ccccc1S(=O)(=O)NC1CCCC1Cl. The van der Waals surface area contributed by atoms with E-state index in [1.807, 2.05) is 6.07 Å². The van der Waals surface area contributed by atoms with Gasteiger partial charge in [-0.25, -0.2) is 13.1 Å². The largest absolute Gasteiger partial charge is 0.241 e. The van der Waals surface area contributed by atoms with Crippen molar-refractivity contribution in [1.82, 2.24) is 4.72 Å². The second-order valence-corrected chi connectivity index (χ2v) is 6.68. The Balaban J connectivity index is 2.22. The number of hydrogen-bond acceptors (Lipinski definition) is 2. The first-order chi connectivity index (χ1) is 8.00. The monoisotopic (exact) mass is 273 g/mol. The zero-order valence-electron chi connectivity index (χ0n) is 9.69. The van der Waals surface area contributed by atoms with Crippen molar-refractivity contribution < 1.29 is 8.42 Å². The minimum Gasteiger partial charge on any atom is -0.207 e. The van der Waals surface area contributed by atoms with Gasteiger partial charge in [-0.05, 0) is 31.4 Å². The highest BCUT2D eigenvalue weighted by molar-refractivity contribution is 7.89. The summed E-state index contributed by atoms with van der Waals surface area (Å²) in [5, 5.41) is -0.0891. The van der Waals surface area contributed by atoms with Crippen molar-refractivity contribution in [2.45, 2.75) is 42.5 Å². The fourth-order valence-electron chi connectivity index (χ4n) is 2.17. The normalized spacial score (nSPS) is 25.1. The molecule has 0 spiro atoms. The molecule has 94 valence electrons. The Morgan fingerprint density at radius 1 is 1.29 bits per heavy atom. The van der Waals surface area contributed by atoms with Gasteiger partial charge < -0.3 is 0 Å². The van der Waals surface area contributed by atoms with Crippen LogP contribution in [0.5, 0.6) is 0 Å². The first-order valence-electron chi connectivity index (χ1n) is 5.73. The summed E-state index contributed by atoms with van der Waals surface area (Å²) in [5.74, 6) is 0. The van der Waals surface area contributed by atoms with E-state index in [2.05, 4.69) is 4.72 Å². The molecule has 1 N–H and O–H groups in total. The third kappa shape index (κ3) is 2.81. The van der Waals surface area contributed by atoms with Crippen LogP contribution < -0.4 is 4.72 Å². The van der Waals surface area contributed by atoms with Gasteiger partial charge in [-0.3, -0.25) is 0 Å². The van der Waals surface area contributed by atoms with E-state index >= 15 is 0 Å². The number of halogens is 1. The Morgan fingerprint density at radius 2 is 2.00 bits per heavy atom. The Hall–Kier alpha value is -0.580. The molecule has 0 radical (unpaired) electrons. The molecular weight excluding hydrogens is 258 g/mol. The number of hydrogen-bond donors (Lipinski definition) is 1. The molecule has 1 aliphatic carbocycles. The smallest absolute Gasteiger partial charge is 0.207 e. The van der Waals surface area contributed by atoms with E-state index in [-0.39, 0.29) is 11.4 Å². The van der Waals surface area contributed by atoms with E-state index in [1.165, 1.54) is 0 Å². The van der Waals surface area contributed by atoms with E-state index in [1.54, 1.807) is 25.1 Å². The molecule has 1 aromatic carbocycles. The molecule has 0 aromatic heterocycles. The first-order valence-corrected chi connectivity index (χ1v) is 7.65. The Labute approximate surface area is 107 Å². The topological polar surface area (TPSA) is 46.2 Å². The lowest BCUT2D eigenvalue weighted by Gasteiger charge is -2.16. The van der Waals surface area contributed by atoms with Gasteiger partial charge in [-0.1, -0.05) is 24.6 Å². The van der Waals surface area contributed by atoms with E-state index in [0.717, 1.165) is 24.8 Å². The molecule has 2 rings (SSSR count). The maximum absolute atomic E-state index is 12.2. The lowest BCUT2D eigenvalue weighted by molar-refractivity contribution is 0.553. The molecule has 0 aliphatic heterocycles. The highest BCUT2D eigenvalue weighted by Crippen LogP contribution is 2.26. The van der Waals surface area contributed by atoms with Crippen molar-refractivity contribution in [3.63, 3.8) is 0 Å². The van der Waals surface area contributed by atoms with Gasteiger partial charge in [0, 0.05) is 11.4 Å². The second-order valence-electron chi connectivity index (χ2n) is 4.44. The van der Waals surface area contributed by atoms with Crippen LogP contribution in [-0.2, 0) is 10.0 Å². The molecule has 1 saturated carbocycles. The summed E-state index contributed by atoms with van der Waals surface area (Å²) in [6, 6.07) is 6.83. The average Bonchev–Trinajstić information content (AvgIpc) is 2.64. The van der Waals surface area contributed by atoms with Gasteiger partial charge >= 0.3 is 0 Å². The molecule has 0 heterocycles. The number of aryl methyl sites for hydroxylation is 1. The van der Waals surface area contributed by atoms with Gasteiger partial charge in [0.15, 0.2) is 0 Å². The van der Waals surface area contributed by atoms with Crippen LogP contribution in [0, 0.1) is 6.92 Å². The fourth-order valence-corrected chi connectivity index (χ4v) is 4.14. The lowest BCUT2D eigenvalue weighted by atomic mass is 10.2. The van der Waals surface area contributed by atoms with Crippen molar-refractivity contribution in [1.29, 1.82) is 0 Å². The van der Waals surface area contributed by atoms with Crippen LogP contribution in [0.1, 0.15) is 24.8 Å². The zero-order valence-corrected chi connectivity index (χ0v) is 11.3. The summed E-state index contributed by atoms with van der Waals surface area (Å²) in [5.41, 5.74) is 0.754. The molecule has 2 unspecified atom stereocenters. The highest BCUT2D eigenvalue weighted by Gasteiger charge is 2.30. The number of benzene rings is 1. The maximum atomic E-state index is 12.2. The second kappa shape index (κ2) is 4.96. The summed E-state index contributed by atoms with van der Waals surface area (Å²) in [6.45, 7) is 1.79. The summed E-state index contributed by atoms with van der Waals surface area (Å²) < 4.78 is 27.1. The Kier molecular flexibility index (Phi) is 3.76. The van der Waals surface area contributed by atoms with Crippen LogP contribution in [-0.4, -0.2) is 19.8 Å². The molecule has 0 saturated heterocycles. The molecular formula is C12H16ClNO2S. The molecule has 1 aromatic rings. The molecule has 0 amide bonds. The highest BCUT2D eigenvalue weighted by atomic mass is 35.5. The molecule has 1 fully saturated rings. The minimum atomic E-state index is -3.44. The van der Waals surface area contributed by atoms with Crippen molar-refractivity contribution in [3.8, 4) is 0 Å². The number of sulfonamides is 1. The standard InChI is InChI=1S/C12H16ClNO2S/c1-9-5-2-3-8-12(9)17(15,16)14-11-7-4-6-10(11)13/h2-3,5,8,10-11,14H,4,6-7H2,1H3. The third-order valence-electron chi connectivity index (χ3n) is 3.12. The zero-order chi connectivity index (χ0) is 12.5. The number of alkyl halides is 1. The Bertz CT molecular complexity index is 501. The molecule has 0 bridgehead atoms. The van der Waals surface area contributed by atoms with Gasteiger partial charge in [0.25, 0.3) is 0 Å². The Morgan fingerprint density at radius 3 is 2.59 bits per heavy atom. The molecule has 17 heavy (non-hydrogen) atoms. The van der Waals surface area contributed by atoms with E-state index in [0.29, 0.717) is 4.90 Å². The summed E-state index contributed by atoms with van der Waals surface area (Å²) >= 11 is 6.08. The van der Waals surface area contributed by atoms with Crippen molar-refractivity contribution >= 4 is 21.6 Å². The molecule has 1 aliphatic rings. The summed E-state index contributed by atoms with van der Waals surface area (Å²) in [6.07, 6.45) is 2.68. The van der Waals surface area contributed by atoms with Crippen LogP contribution >= 0.6 is 11.6 Å².